The van der Waals surface area contributed by atoms with Gasteiger partial charge in [-0.3, -0.25) is 0 Å². The third-order valence-electron chi connectivity index (χ3n) is 3.10. The number of piperidine rings is 1. The SMILES string of the molecule is CC1CCCC(CN2CCNC2=O)N1. The molecule has 2 unspecified atom stereocenters. The minimum Gasteiger partial charge on any atom is -0.336 e. The van der Waals surface area contributed by atoms with Crippen LogP contribution in [0.25, 0.3) is 0 Å². The summed E-state index contributed by atoms with van der Waals surface area (Å²) >= 11 is 0. The van der Waals surface area contributed by atoms with Crippen LogP contribution in [0, 0.1) is 0 Å². The Labute approximate surface area is 85.0 Å². The van der Waals surface area contributed by atoms with Crippen molar-refractivity contribution < 1.29 is 4.79 Å². The van der Waals surface area contributed by atoms with Gasteiger partial charge in [-0.05, 0) is 19.8 Å². The van der Waals surface area contributed by atoms with E-state index in [2.05, 4.69) is 17.6 Å². The van der Waals surface area contributed by atoms with E-state index < -0.39 is 0 Å². The second-order valence-corrected chi connectivity index (χ2v) is 4.37. The summed E-state index contributed by atoms with van der Waals surface area (Å²) in [7, 11) is 0. The lowest BCUT2D eigenvalue weighted by molar-refractivity contribution is 0.203. The Bertz CT molecular complexity index is 219. The highest BCUT2D eigenvalue weighted by atomic mass is 16.2. The molecule has 2 heterocycles. The maximum Gasteiger partial charge on any atom is 0.317 e. The average Bonchev–Trinajstić information content (AvgIpc) is 2.52. The second kappa shape index (κ2) is 4.17. The standard InChI is InChI=1S/C10H19N3O/c1-8-3-2-4-9(12-8)7-13-6-5-11-10(13)14/h8-9,12H,2-7H2,1H3,(H,11,14). The average molecular weight is 197 g/mol. The smallest absolute Gasteiger partial charge is 0.317 e. The largest absolute Gasteiger partial charge is 0.336 e. The predicted octanol–water partition coefficient (Wildman–Crippen LogP) is 0.542. The topological polar surface area (TPSA) is 44.4 Å². The summed E-state index contributed by atoms with van der Waals surface area (Å²) in [4.78, 5) is 13.2. The molecule has 0 spiro atoms. The summed E-state index contributed by atoms with van der Waals surface area (Å²) in [6, 6.07) is 1.21. The lowest BCUT2D eigenvalue weighted by Gasteiger charge is -2.31. The molecular weight excluding hydrogens is 178 g/mol. The molecular formula is C10H19N3O. The molecule has 0 radical (unpaired) electrons. The van der Waals surface area contributed by atoms with Gasteiger partial charge < -0.3 is 15.5 Å². The van der Waals surface area contributed by atoms with Gasteiger partial charge in [-0.25, -0.2) is 4.79 Å². The minimum atomic E-state index is 0.102. The zero-order valence-electron chi connectivity index (χ0n) is 8.75. The molecule has 80 valence electrons. The zero-order chi connectivity index (χ0) is 9.97. The van der Waals surface area contributed by atoms with E-state index in [4.69, 9.17) is 0 Å². The minimum absolute atomic E-state index is 0.102. The predicted molar refractivity (Wildman–Crippen MR) is 55.2 cm³/mol. The fourth-order valence-electron chi connectivity index (χ4n) is 2.33. The van der Waals surface area contributed by atoms with E-state index in [1.807, 2.05) is 4.90 Å². The summed E-state index contributed by atoms with van der Waals surface area (Å²) in [5.74, 6) is 0. The molecule has 2 fully saturated rings. The summed E-state index contributed by atoms with van der Waals surface area (Å²) in [5, 5.41) is 6.37. The second-order valence-electron chi connectivity index (χ2n) is 4.37. The number of rotatable bonds is 2. The fourth-order valence-corrected chi connectivity index (χ4v) is 2.33. The van der Waals surface area contributed by atoms with Gasteiger partial charge in [0.05, 0.1) is 0 Å². The van der Waals surface area contributed by atoms with Crippen molar-refractivity contribution in [3.05, 3.63) is 0 Å². The molecule has 0 aliphatic carbocycles. The molecule has 4 heteroatoms. The highest BCUT2D eigenvalue weighted by Crippen LogP contribution is 2.13. The van der Waals surface area contributed by atoms with Gasteiger partial charge >= 0.3 is 6.03 Å². The van der Waals surface area contributed by atoms with E-state index >= 15 is 0 Å². The van der Waals surface area contributed by atoms with Gasteiger partial charge in [0.2, 0.25) is 0 Å². The van der Waals surface area contributed by atoms with Crippen LogP contribution < -0.4 is 10.6 Å². The van der Waals surface area contributed by atoms with Crippen LogP contribution in [-0.2, 0) is 0 Å². The third-order valence-corrected chi connectivity index (χ3v) is 3.10. The Balaban J connectivity index is 1.81. The Morgan fingerprint density at radius 1 is 1.50 bits per heavy atom. The highest BCUT2D eigenvalue weighted by molar-refractivity contribution is 5.76. The Kier molecular flexibility index (Phi) is 2.91. The van der Waals surface area contributed by atoms with Crippen LogP contribution in [0.2, 0.25) is 0 Å². The van der Waals surface area contributed by atoms with E-state index in [1.165, 1.54) is 19.3 Å². The molecule has 2 amide bonds. The van der Waals surface area contributed by atoms with Crippen molar-refractivity contribution >= 4 is 6.03 Å². The van der Waals surface area contributed by atoms with Crippen LogP contribution in [0.15, 0.2) is 0 Å². The molecule has 4 nitrogen and oxygen atoms in total. The number of nitrogens with one attached hydrogen (secondary N) is 2. The molecule has 0 saturated carbocycles. The molecule has 2 aliphatic rings. The van der Waals surface area contributed by atoms with E-state index in [9.17, 15) is 4.79 Å². The summed E-state index contributed by atoms with van der Waals surface area (Å²) in [6.45, 7) is 4.76. The van der Waals surface area contributed by atoms with Gasteiger partial charge in [-0.1, -0.05) is 6.42 Å². The van der Waals surface area contributed by atoms with Crippen molar-refractivity contribution in [2.75, 3.05) is 19.6 Å². The first-order chi connectivity index (χ1) is 6.75. The van der Waals surface area contributed by atoms with Crippen LogP contribution >= 0.6 is 0 Å². The van der Waals surface area contributed by atoms with Crippen LogP contribution in [0.4, 0.5) is 4.79 Å². The number of urea groups is 1. The molecule has 2 rings (SSSR count). The van der Waals surface area contributed by atoms with E-state index in [1.54, 1.807) is 0 Å². The van der Waals surface area contributed by atoms with Crippen molar-refractivity contribution in [1.29, 1.82) is 0 Å². The first-order valence-corrected chi connectivity index (χ1v) is 5.54. The summed E-state index contributed by atoms with van der Waals surface area (Å²) in [6.07, 6.45) is 3.76. The van der Waals surface area contributed by atoms with Gasteiger partial charge in [0, 0.05) is 31.7 Å². The van der Waals surface area contributed by atoms with Crippen LogP contribution in [0.5, 0.6) is 0 Å². The lowest BCUT2D eigenvalue weighted by atomic mass is 9.99. The van der Waals surface area contributed by atoms with E-state index in [-0.39, 0.29) is 6.03 Å². The Hall–Kier alpha value is -0.770. The molecule has 0 aromatic carbocycles. The van der Waals surface area contributed by atoms with Crippen LogP contribution in [-0.4, -0.2) is 42.6 Å². The van der Waals surface area contributed by atoms with E-state index in [0.717, 1.165) is 19.6 Å². The monoisotopic (exact) mass is 197 g/mol. The maximum atomic E-state index is 11.3. The highest BCUT2D eigenvalue weighted by Gasteiger charge is 2.25. The van der Waals surface area contributed by atoms with Gasteiger partial charge in [-0.2, -0.15) is 0 Å². The number of hydrogen-bond donors (Lipinski definition) is 2. The number of amides is 2. The first-order valence-electron chi connectivity index (χ1n) is 5.54. The molecule has 0 aromatic rings. The van der Waals surface area contributed by atoms with Crippen LogP contribution in [0.3, 0.4) is 0 Å². The molecule has 0 aromatic heterocycles. The summed E-state index contributed by atoms with van der Waals surface area (Å²) in [5.41, 5.74) is 0. The van der Waals surface area contributed by atoms with Crippen LogP contribution in [0.1, 0.15) is 26.2 Å². The van der Waals surface area contributed by atoms with Crippen molar-refractivity contribution in [2.45, 2.75) is 38.3 Å². The van der Waals surface area contributed by atoms with E-state index in [0.29, 0.717) is 12.1 Å². The molecule has 2 N–H and O–H groups in total. The lowest BCUT2D eigenvalue weighted by Crippen LogP contribution is -2.48. The van der Waals surface area contributed by atoms with Gasteiger partial charge in [0.25, 0.3) is 0 Å². The molecule has 0 bridgehead atoms. The van der Waals surface area contributed by atoms with Crippen molar-refractivity contribution in [3.8, 4) is 0 Å². The number of carbonyl (C=O) groups is 1. The fraction of sp³-hybridized carbons (Fsp3) is 0.900. The molecule has 2 atom stereocenters. The first kappa shape index (κ1) is 9.77. The number of nitrogens with zero attached hydrogens (tertiary/aromatic N) is 1. The Morgan fingerprint density at radius 2 is 2.36 bits per heavy atom. The quantitative estimate of drug-likeness (QED) is 0.678. The maximum absolute atomic E-state index is 11.3. The number of carbonyl (C=O) groups excluding carboxylic acids is 1. The van der Waals surface area contributed by atoms with Gasteiger partial charge in [-0.15, -0.1) is 0 Å². The molecule has 14 heavy (non-hydrogen) atoms. The molecule has 2 aliphatic heterocycles. The zero-order valence-corrected chi connectivity index (χ0v) is 8.75. The van der Waals surface area contributed by atoms with Crippen molar-refractivity contribution in [1.82, 2.24) is 15.5 Å². The van der Waals surface area contributed by atoms with Gasteiger partial charge in [0.15, 0.2) is 0 Å². The third kappa shape index (κ3) is 2.18. The molecule has 2 saturated heterocycles. The van der Waals surface area contributed by atoms with Crippen molar-refractivity contribution in [2.24, 2.45) is 0 Å². The summed E-state index contributed by atoms with van der Waals surface area (Å²) < 4.78 is 0. The number of hydrogen-bond acceptors (Lipinski definition) is 2. The normalized spacial score (nSPS) is 33.2. The Morgan fingerprint density at radius 3 is 3.00 bits per heavy atom. The van der Waals surface area contributed by atoms with Crippen molar-refractivity contribution in [3.63, 3.8) is 0 Å². The van der Waals surface area contributed by atoms with Gasteiger partial charge in [0.1, 0.15) is 0 Å².